The minimum atomic E-state index is -1.73. The van der Waals surface area contributed by atoms with Crippen molar-refractivity contribution in [2.75, 3.05) is 33.4 Å². The van der Waals surface area contributed by atoms with Crippen LogP contribution in [0, 0.1) is 0 Å². The van der Waals surface area contributed by atoms with Crippen LogP contribution in [-0.2, 0) is 24.3 Å². The Balaban J connectivity index is 1.27. The molecule has 2 heterocycles. The fraction of sp³-hybridized carbons (Fsp3) is 0.710. The molecule has 0 unspecified atom stereocenters. The number of thiophene rings is 2. The van der Waals surface area contributed by atoms with Crippen molar-refractivity contribution in [3.05, 3.63) is 44.8 Å². The van der Waals surface area contributed by atoms with Crippen LogP contribution in [0.15, 0.2) is 35.0 Å². The number of carbonyl (C=O) groups excluding carboxylic acids is 1. The number of rotatable bonds is 16. The van der Waals surface area contributed by atoms with Gasteiger partial charge in [-0.05, 0) is 86.6 Å². The molecule has 1 saturated carbocycles. The monoisotopic (exact) mass is 609 g/mol. The smallest absolute Gasteiger partial charge is 0.349 e. The standard InChI is InChI=1S/C31H51NO5S2Si/c1-30(2,3)40(5,6)36-21-10-8-7-9-20-35-22-19-32(4)25-15-17-26(18-16-25)37-29(33)31(34,27-13-11-23-38-27)28-14-12-24-39-28/h11-14,23-26,34H,7-10,15-22H2,1-6H3. The predicted molar refractivity (Wildman–Crippen MR) is 169 cm³/mol. The van der Waals surface area contributed by atoms with E-state index in [9.17, 15) is 9.90 Å². The van der Waals surface area contributed by atoms with Gasteiger partial charge in [-0.2, -0.15) is 0 Å². The summed E-state index contributed by atoms with van der Waals surface area (Å²) in [4.78, 5) is 16.8. The fourth-order valence-corrected chi connectivity index (χ4v) is 7.63. The second-order valence-electron chi connectivity index (χ2n) is 12.6. The molecule has 226 valence electrons. The molecule has 40 heavy (non-hydrogen) atoms. The zero-order valence-electron chi connectivity index (χ0n) is 25.4. The minimum absolute atomic E-state index is 0.160. The van der Waals surface area contributed by atoms with Gasteiger partial charge in [0.25, 0.3) is 0 Å². The highest BCUT2D eigenvalue weighted by Crippen LogP contribution is 2.38. The molecule has 2 aromatic heterocycles. The largest absolute Gasteiger partial charge is 0.460 e. The number of likely N-dealkylation sites (N-methyl/N-ethyl adjacent to an activating group) is 1. The van der Waals surface area contributed by atoms with Gasteiger partial charge in [-0.15, -0.1) is 22.7 Å². The fourth-order valence-electron chi connectivity index (χ4n) is 4.83. The Hall–Kier alpha value is -1.07. The third-order valence-electron chi connectivity index (χ3n) is 8.63. The van der Waals surface area contributed by atoms with Crippen molar-refractivity contribution in [3.63, 3.8) is 0 Å². The van der Waals surface area contributed by atoms with Crippen LogP contribution in [0.25, 0.3) is 0 Å². The van der Waals surface area contributed by atoms with E-state index in [4.69, 9.17) is 13.9 Å². The van der Waals surface area contributed by atoms with Gasteiger partial charge < -0.3 is 23.9 Å². The van der Waals surface area contributed by atoms with Gasteiger partial charge in [-0.1, -0.05) is 45.7 Å². The lowest BCUT2D eigenvalue weighted by Crippen LogP contribution is -2.42. The van der Waals surface area contributed by atoms with E-state index in [1.54, 1.807) is 12.1 Å². The Morgan fingerprint density at radius 3 is 2.05 bits per heavy atom. The van der Waals surface area contributed by atoms with Crippen LogP contribution in [0.3, 0.4) is 0 Å². The molecule has 0 spiro atoms. The molecule has 9 heteroatoms. The van der Waals surface area contributed by atoms with Crippen molar-refractivity contribution in [3.8, 4) is 0 Å². The maximum Gasteiger partial charge on any atom is 0.349 e. The number of nitrogens with zero attached hydrogens (tertiary/aromatic N) is 1. The Morgan fingerprint density at radius 1 is 0.950 bits per heavy atom. The molecule has 2 aromatic rings. The van der Waals surface area contributed by atoms with E-state index in [2.05, 4.69) is 45.8 Å². The SMILES string of the molecule is CN(CCOCCCCCCO[Si](C)(C)C(C)(C)C)C1CCC(OC(=O)C(O)(c2cccs2)c2cccs2)CC1. The zero-order valence-corrected chi connectivity index (χ0v) is 28.1. The first kappa shape index (κ1) is 33.4. The highest BCUT2D eigenvalue weighted by molar-refractivity contribution is 7.12. The first-order chi connectivity index (χ1) is 18.9. The first-order valence-corrected chi connectivity index (χ1v) is 19.6. The molecule has 3 rings (SSSR count). The van der Waals surface area contributed by atoms with Gasteiger partial charge in [0.15, 0.2) is 8.32 Å². The summed E-state index contributed by atoms with van der Waals surface area (Å²) in [5.74, 6) is -0.564. The van der Waals surface area contributed by atoms with E-state index in [0.29, 0.717) is 15.8 Å². The lowest BCUT2D eigenvalue weighted by atomic mass is 9.91. The Morgan fingerprint density at radius 2 is 1.52 bits per heavy atom. The summed E-state index contributed by atoms with van der Waals surface area (Å²) in [6, 6.07) is 7.76. The van der Waals surface area contributed by atoms with Crippen molar-refractivity contribution in [2.45, 2.75) is 108 Å². The van der Waals surface area contributed by atoms with Crippen LogP contribution in [0.5, 0.6) is 0 Å². The summed E-state index contributed by atoms with van der Waals surface area (Å²) in [5, 5.41) is 15.5. The van der Waals surface area contributed by atoms with E-state index in [-0.39, 0.29) is 11.1 Å². The quantitative estimate of drug-likeness (QED) is 0.121. The van der Waals surface area contributed by atoms with Gasteiger partial charge in [0.05, 0.1) is 16.4 Å². The summed E-state index contributed by atoms with van der Waals surface area (Å²) in [7, 11) is 0.545. The van der Waals surface area contributed by atoms with Gasteiger partial charge >= 0.3 is 5.97 Å². The maximum absolute atomic E-state index is 13.2. The van der Waals surface area contributed by atoms with Crippen molar-refractivity contribution in [1.29, 1.82) is 0 Å². The summed E-state index contributed by atoms with van der Waals surface area (Å²) in [6.45, 7) is 14.9. The Bertz CT molecular complexity index is 948. The van der Waals surface area contributed by atoms with Crippen LogP contribution >= 0.6 is 22.7 Å². The maximum atomic E-state index is 13.2. The van der Waals surface area contributed by atoms with Crippen molar-refractivity contribution in [1.82, 2.24) is 4.90 Å². The summed E-state index contributed by atoms with van der Waals surface area (Å²) in [5.41, 5.74) is -1.73. The van der Waals surface area contributed by atoms with Crippen LogP contribution in [0.2, 0.25) is 18.1 Å². The molecule has 1 aliphatic rings. The first-order valence-electron chi connectivity index (χ1n) is 14.9. The van der Waals surface area contributed by atoms with Gasteiger partial charge in [0.2, 0.25) is 5.60 Å². The number of unbranched alkanes of at least 4 members (excludes halogenated alkanes) is 3. The molecule has 0 radical (unpaired) electrons. The van der Waals surface area contributed by atoms with Crippen molar-refractivity contribution in [2.24, 2.45) is 0 Å². The number of aliphatic hydroxyl groups is 1. The molecule has 0 aliphatic heterocycles. The number of hydrogen-bond donors (Lipinski definition) is 1. The molecule has 0 bridgehead atoms. The van der Waals surface area contributed by atoms with Crippen LogP contribution in [-0.4, -0.2) is 69.9 Å². The summed E-state index contributed by atoms with van der Waals surface area (Å²) < 4.78 is 18.1. The Kier molecular flexibility index (Phi) is 12.9. The molecule has 1 fully saturated rings. The predicted octanol–water partition coefficient (Wildman–Crippen LogP) is 7.43. The van der Waals surface area contributed by atoms with Gasteiger partial charge in [0, 0.05) is 25.8 Å². The van der Waals surface area contributed by atoms with Crippen molar-refractivity contribution >= 4 is 37.0 Å². The van der Waals surface area contributed by atoms with Crippen molar-refractivity contribution < 1.29 is 23.8 Å². The number of carbonyl (C=O) groups is 1. The lowest BCUT2D eigenvalue weighted by Gasteiger charge is -2.36. The van der Waals surface area contributed by atoms with Crippen LogP contribution < -0.4 is 0 Å². The Labute approximate surface area is 251 Å². The second kappa shape index (κ2) is 15.4. The summed E-state index contributed by atoms with van der Waals surface area (Å²) in [6.07, 6.45) is 8.03. The molecule has 0 amide bonds. The average Bonchev–Trinajstić information content (AvgIpc) is 3.64. The minimum Gasteiger partial charge on any atom is -0.460 e. The molecule has 0 aromatic carbocycles. The number of esters is 1. The molecular weight excluding hydrogens is 559 g/mol. The molecule has 6 nitrogen and oxygen atoms in total. The molecule has 1 aliphatic carbocycles. The van der Waals surface area contributed by atoms with Crippen LogP contribution in [0.1, 0.15) is 81.9 Å². The van der Waals surface area contributed by atoms with Gasteiger partial charge in [-0.25, -0.2) is 4.79 Å². The van der Waals surface area contributed by atoms with Gasteiger partial charge in [0.1, 0.15) is 6.10 Å². The van der Waals surface area contributed by atoms with E-state index >= 15 is 0 Å². The van der Waals surface area contributed by atoms with Gasteiger partial charge in [-0.3, -0.25) is 0 Å². The third kappa shape index (κ3) is 9.21. The van der Waals surface area contributed by atoms with E-state index in [0.717, 1.165) is 64.9 Å². The normalized spacial score (nSPS) is 18.8. The molecule has 1 N–H and O–H groups in total. The van der Waals surface area contributed by atoms with E-state index in [1.165, 1.54) is 35.5 Å². The van der Waals surface area contributed by atoms with E-state index < -0.39 is 19.9 Å². The highest BCUT2D eigenvalue weighted by atomic mass is 32.1. The topological polar surface area (TPSA) is 68.2 Å². The zero-order chi connectivity index (χ0) is 29.2. The molecular formula is C31H51NO5S2Si. The van der Waals surface area contributed by atoms with Crippen LogP contribution in [0.4, 0.5) is 0 Å². The van der Waals surface area contributed by atoms with E-state index in [1.807, 2.05) is 22.9 Å². The molecule has 0 atom stereocenters. The number of ether oxygens (including phenoxy) is 2. The lowest BCUT2D eigenvalue weighted by molar-refractivity contribution is -0.169. The number of hydrogen-bond acceptors (Lipinski definition) is 8. The third-order valence-corrected chi connectivity index (χ3v) is 15.1. The average molecular weight is 610 g/mol. The molecule has 0 saturated heterocycles. The highest BCUT2D eigenvalue weighted by Gasteiger charge is 2.45. The second-order valence-corrected chi connectivity index (χ2v) is 19.3. The summed E-state index contributed by atoms with van der Waals surface area (Å²) >= 11 is 2.75.